The smallest absolute Gasteiger partial charge is 0.0113 e. The number of hydrogen-bond donors (Lipinski definition) is 1. The predicted octanol–water partition coefficient (Wildman–Crippen LogP) is 1.93. The number of nitrogens with one attached hydrogen (secondary N) is 1. The molecule has 1 aliphatic heterocycles. The predicted molar refractivity (Wildman–Crippen MR) is 78.0 cm³/mol. The first-order valence-corrected chi connectivity index (χ1v) is 7.92. The summed E-state index contributed by atoms with van der Waals surface area (Å²) in [6.07, 6.45) is 5.39. The average Bonchev–Trinajstić information content (AvgIpc) is 3.22. The second-order valence-corrected chi connectivity index (χ2v) is 6.20. The van der Waals surface area contributed by atoms with Crippen molar-refractivity contribution in [3.05, 3.63) is 0 Å². The minimum Gasteiger partial charge on any atom is -0.314 e. The topological polar surface area (TPSA) is 18.5 Å². The van der Waals surface area contributed by atoms with Gasteiger partial charge in [0.1, 0.15) is 0 Å². The van der Waals surface area contributed by atoms with Crippen LogP contribution in [0.25, 0.3) is 0 Å². The summed E-state index contributed by atoms with van der Waals surface area (Å²) >= 11 is 0. The average molecular weight is 253 g/mol. The van der Waals surface area contributed by atoms with Gasteiger partial charge in [0.2, 0.25) is 0 Å². The Morgan fingerprint density at radius 1 is 1.00 bits per heavy atom. The highest BCUT2D eigenvalue weighted by Gasteiger charge is 2.24. The molecule has 1 N–H and O–H groups in total. The van der Waals surface area contributed by atoms with Gasteiger partial charge in [0.05, 0.1) is 0 Å². The zero-order valence-corrected chi connectivity index (χ0v) is 12.5. The summed E-state index contributed by atoms with van der Waals surface area (Å²) in [6.45, 7) is 13.3. The molecule has 2 atom stereocenters. The van der Waals surface area contributed by atoms with Crippen molar-refractivity contribution in [2.75, 3.05) is 32.7 Å². The summed E-state index contributed by atoms with van der Waals surface area (Å²) in [5, 5.41) is 3.63. The first-order chi connectivity index (χ1) is 8.70. The second kappa shape index (κ2) is 6.88. The van der Waals surface area contributed by atoms with Crippen LogP contribution in [0, 0.1) is 0 Å². The molecule has 1 saturated carbocycles. The quantitative estimate of drug-likeness (QED) is 0.748. The molecule has 3 nitrogen and oxygen atoms in total. The van der Waals surface area contributed by atoms with Crippen LogP contribution in [0.3, 0.4) is 0 Å². The Morgan fingerprint density at radius 2 is 1.56 bits per heavy atom. The molecule has 1 saturated heterocycles. The van der Waals surface area contributed by atoms with Crippen LogP contribution >= 0.6 is 0 Å². The molecular weight excluding hydrogens is 222 g/mol. The molecule has 2 unspecified atom stereocenters. The number of nitrogens with zero attached hydrogens (tertiary/aromatic N) is 2. The molecule has 0 amide bonds. The molecule has 18 heavy (non-hydrogen) atoms. The SMILES string of the molecule is CCC(C)N1CCN(C(C)CCNC2CC2)CC1. The third-order valence-electron chi connectivity index (χ3n) is 4.76. The van der Waals surface area contributed by atoms with Gasteiger partial charge < -0.3 is 5.32 Å². The summed E-state index contributed by atoms with van der Waals surface area (Å²) in [5.41, 5.74) is 0. The van der Waals surface area contributed by atoms with Gasteiger partial charge in [0.15, 0.2) is 0 Å². The van der Waals surface area contributed by atoms with Crippen molar-refractivity contribution in [1.29, 1.82) is 0 Å². The highest BCUT2D eigenvalue weighted by Crippen LogP contribution is 2.19. The van der Waals surface area contributed by atoms with E-state index in [1.54, 1.807) is 0 Å². The third-order valence-corrected chi connectivity index (χ3v) is 4.76. The Labute approximate surface area is 113 Å². The highest BCUT2D eigenvalue weighted by molar-refractivity contribution is 4.83. The molecule has 2 aliphatic rings. The Bertz CT molecular complexity index is 232. The van der Waals surface area contributed by atoms with Crippen LogP contribution in [0.2, 0.25) is 0 Å². The van der Waals surface area contributed by atoms with Crippen LogP contribution in [-0.2, 0) is 0 Å². The van der Waals surface area contributed by atoms with E-state index in [-0.39, 0.29) is 0 Å². The molecule has 3 heteroatoms. The Balaban J connectivity index is 1.61. The maximum atomic E-state index is 3.63. The van der Waals surface area contributed by atoms with Crippen LogP contribution in [0.5, 0.6) is 0 Å². The van der Waals surface area contributed by atoms with Crippen LogP contribution in [0.1, 0.15) is 46.5 Å². The van der Waals surface area contributed by atoms with Crippen molar-refractivity contribution in [3.63, 3.8) is 0 Å². The summed E-state index contributed by atoms with van der Waals surface area (Å²) in [4.78, 5) is 5.32. The molecule has 2 fully saturated rings. The molecule has 0 aromatic heterocycles. The van der Waals surface area contributed by atoms with Crippen molar-refractivity contribution < 1.29 is 0 Å². The summed E-state index contributed by atoms with van der Waals surface area (Å²) in [6, 6.07) is 2.37. The minimum atomic E-state index is 0.746. The van der Waals surface area contributed by atoms with Crippen molar-refractivity contribution >= 4 is 0 Å². The Kier molecular flexibility index (Phi) is 5.46. The fraction of sp³-hybridized carbons (Fsp3) is 1.00. The normalized spacial score (nSPS) is 26.2. The van der Waals surface area contributed by atoms with Gasteiger partial charge in [0.25, 0.3) is 0 Å². The van der Waals surface area contributed by atoms with E-state index in [9.17, 15) is 0 Å². The fourth-order valence-electron chi connectivity index (χ4n) is 2.84. The lowest BCUT2D eigenvalue weighted by molar-refractivity contribution is 0.0749. The largest absolute Gasteiger partial charge is 0.314 e. The van der Waals surface area contributed by atoms with E-state index in [2.05, 4.69) is 35.9 Å². The molecule has 0 radical (unpaired) electrons. The molecular formula is C15H31N3. The number of hydrogen-bond acceptors (Lipinski definition) is 3. The van der Waals surface area contributed by atoms with Gasteiger partial charge in [-0.1, -0.05) is 6.92 Å². The number of piperazine rings is 1. The monoisotopic (exact) mass is 253 g/mol. The lowest BCUT2D eigenvalue weighted by Gasteiger charge is -2.40. The van der Waals surface area contributed by atoms with Gasteiger partial charge in [0, 0.05) is 44.3 Å². The van der Waals surface area contributed by atoms with E-state index in [1.165, 1.54) is 58.4 Å². The van der Waals surface area contributed by atoms with Gasteiger partial charge in [-0.25, -0.2) is 0 Å². The lowest BCUT2D eigenvalue weighted by Crippen LogP contribution is -2.52. The summed E-state index contributed by atoms with van der Waals surface area (Å²) < 4.78 is 0. The fourth-order valence-corrected chi connectivity index (χ4v) is 2.84. The van der Waals surface area contributed by atoms with E-state index in [4.69, 9.17) is 0 Å². The third kappa shape index (κ3) is 4.22. The summed E-state index contributed by atoms with van der Waals surface area (Å²) in [5.74, 6) is 0. The molecule has 0 aromatic carbocycles. The molecule has 0 aromatic rings. The lowest BCUT2D eigenvalue weighted by atomic mass is 10.1. The van der Waals surface area contributed by atoms with Crippen molar-refractivity contribution in [1.82, 2.24) is 15.1 Å². The van der Waals surface area contributed by atoms with E-state index in [1.807, 2.05) is 0 Å². The summed E-state index contributed by atoms with van der Waals surface area (Å²) in [7, 11) is 0. The minimum absolute atomic E-state index is 0.746. The highest BCUT2D eigenvalue weighted by atomic mass is 15.3. The molecule has 2 rings (SSSR count). The van der Waals surface area contributed by atoms with Gasteiger partial charge in [-0.15, -0.1) is 0 Å². The van der Waals surface area contributed by atoms with E-state index < -0.39 is 0 Å². The second-order valence-electron chi connectivity index (χ2n) is 6.20. The van der Waals surface area contributed by atoms with E-state index in [0.29, 0.717) is 0 Å². The van der Waals surface area contributed by atoms with Crippen molar-refractivity contribution in [2.45, 2.75) is 64.6 Å². The zero-order chi connectivity index (χ0) is 13.0. The van der Waals surface area contributed by atoms with Gasteiger partial charge in [-0.2, -0.15) is 0 Å². The van der Waals surface area contributed by atoms with E-state index in [0.717, 1.165) is 18.1 Å². The molecule has 1 aliphatic carbocycles. The Hall–Kier alpha value is -0.120. The van der Waals surface area contributed by atoms with E-state index >= 15 is 0 Å². The first-order valence-electron chi connectivity index (χ1n) is 7.92. The van der Waals surface area contributed by atoms with Gasteiger partial charge in [-0.05, 0) is 46.1 Å². The number of rotatable bonds is 7. The van der Waals surface area contributed by atoms with Crippen LogP contribution in [0.4, 0.5) is 0 Å². The molecule has 1 heterocycles. The molecule has 0 bridgehead atoms. The maximum absolute atomic E-state index is 3.63. The van der Waals surface area contributed by atoms with Crippen LogP contribution < -0.4 is 5.32 Å². The standard InChI is InChI=1S/C15H31N3/c1-4-13(2)17-9-11-18(12-10-17)14(3)7-8-16-15-5-6-15/h13-16H,4-12H2,1-3H3. The van der Waals surface area contributed by atoms with Crippen molar-refractivity contribution in [3.8, 4) is 0 Å². The maximum Gasteiger partial charge on any atom is 0.0113 e. The Morgan fingerprint density at radius 3 is 2.06 bits per heavy atom. The van der Waals surface area contributed by atoms with Gasteiger partial charge in [-0.3, -0.25) is 9.80 Å². The zero-order valence-electron chi connectivity index (χ0n) is 12.5. The van der Waals surface area contributed by atoms with Crippen LogP contribution in [-0.4, -0.2) is 60.6 Å². The first kappa shape index (κ1) is 14.3. The van der Waals surface area contributed by atoms with Gasteiger partial charge >= 0.3 is 0 Å². The van der Waals surface area contributed by atoms with Crippen LogP contribution in [0.15, 0.2) is 0 Å². The molecule has 0 spiro atoms. The molecule has 106 valence electrons. The van der Waals surface area contributed by atoms with Crippen molar-refractivity contribution in [2.24, 2.45) is 0 Å².